The van der Waals surface area contributed by atoms with Crippen molar-refractivity contribution in [3.63, 3.8) is 0 Å². The van der Waals surface area contributed by atoms with E-state index in [-0.39, 0.29) is 11.8 Å². The highest BCUT2D eigenvalue weighted by molar-refractivity contribution is 5.78. The molecule has 7 heteroatoms. The topological polar surface area (TPSA) is 79.5 Å². The first-order chi connectivity index (χ1) is 14.7. The monoisotopic (exact) mass is 412 g/mol. The minimum Gasteiger partial charge on any atom is -0.339 e. The maximum absolute atomic E-state index is 12.5. The molecular weight excluding hydrogens is 380 g/mol. The summed E-state index contributed by atoms with van der Waals surface area (Å²) in [7, 11) is 0. The van der Waals surface area contributed by atoms with E-state index in [9.17, 15) is 9.59 Å². The first kappa shape index (κ1) is 22.0. The molecule has 1 saturated heterocycles. The van der Waals surface area contributed by atoms with E-state index in [2.05, 4.69) is 29.2 Å². The minimum atomic E-state index is 0.138. The summed E-state index contributed by atoms with van der Waals surface area (Å²) in [5.74, 6) is 1.68. The van der Waals surface area contributed by atoms with Crippen LogP contribution in [0, 0.1) is 0 Å². The third-order valence-electron chi connectivity index (χ3n) is 5.45. The Bertz CT molecular complexity index is 798. The van der Waals surface area contributed by atoms with Gasteiger partial charge in [0.2, 0.25) is 17.7 Å². The molecule has 30 heavy (non-hydrogen) atoms. The van der Waals surface area contributed by atoms with Crippen LogP contribution in [0.5, 0.6) is 0 Å². The number of carbonyl (C=O) groups is 2. The predicted molar refractivity (Wildman–Crippen MR) is 114 cm³/mol. The number of hydrogen-bond donors (Lipinski definition) is 0. The van der Waals surface area contributed by atoms with E-state index in [4.69, 9.17) is 4.52 Å². The molecule has 0 saturated carbocycles. The second-order valence-corrected chi connectivity index (χ2v) is 7.81. The van der Waals surface area contributed by atoms with Crippen molar-refractivity contribution in [3.8, 4) is 0 Å². The fourth-order valence-electron chi connectivity index (χ4n) is 3.72. The first-order valence-electron chi connectivity index (χ1n) is 11.1. The highest BCUT2D eigenvalue weighted by atomic mass is 16.5. The summed E-state index contributed by atoms with van der Waals surface area (Å²) in [6, 6.07) is 10.2. The van der Waals surface area contributed by atoms with Crippen LogP contribution in [-0.4, -0.2) is 57.9 Å². The van der Waals surface area contributed by atoms with Crippen LogP contribution in [0.3, 0.4) is 0 Å². The third-order valence-corrected chi connectivity index (χ3v) is 5.45. The van der Waals surface area contributed by atoms with Gasteiger partial charge in [0, 0.05) is 51.9 Å². The number of amides is 2. The van der Waals surface area contributed by atoms with E-state index < -0.39 is 0 Å². The number of carbonyl (C=O) groups excluding carboxylic acids is 2. The Morgan fingerprint density at radius 3 is 2.10 bits per heavy atom. The molecule has 1 aliphatic rings. The standard InChI is InChI=1S/C23H32N4O3/c1-2-8-20-24-21(30-25-20)12-7-14-23(29)27-17-15-26(16-18-27)22(28)13-6-11-19-9-4-3-5-10-19/h3-5,9-10H,2,6-8,11-18H2,1H3. The molecule has 0 bridgehead atoms. The molecule has 1 aromatic heterocycles. The second kappa shape index (κ2) is 11.5. The predicted octanol–water partition coefficient (Wildman–Crippen LogP) is 3.04. The van der Waals surface area contributed by atoms with Crippen LogP contribution in [0.4, 0.5) is 0 Å². The maximum Gasteiger partial charge on any atom is 0.226 e. The molecule has 1 aromatic carbocycles. The number of benzene rings is 1. The van der Waals surface area contributed by atoms with E-state index in [1.807, 2.05) is 28.0 Å². The molecule has 0 spiro atoms. The molecule has 0 aliphatic carbocycles. The number of aromatic nitrogens is 2. The normalized spacial score (nSPS) is 14.2. The lowest BCUT2D eigenvalue weighted by molar-refractivity contribution is -0.139. The van der Waals surface area contributed by atoms with Gasteiger partial charge in [0.15, 0.2) is 5.82 Å². The second-order valence-electron chi connectivity index (χ2n) is 7.81. The molecule has 0 radical (unpaired) electrons. The Labute approximate surface area is 178 Å². The molecule has 1 aliphatic heterocycles. The lowest BCUT2D eigenvalue weighted by Gasteiger charge is -2.35. The van der Waals surface area contributed by atoms with Gasteiger partial charge in [0.05, 0.1) is 0 Å². The lowest BCUT2D eigenvalue weighted by Crippen LogP contribution is -2.50. The summed E-state index contributed by atoms with van der Waals surface area (Å²) in [5.41, 5.74) is 1.27. The smallest absolute Gasteiger partial charge is 0.226 e. The Morgan fingerprint density at radius 1 is 0.900 bits per heavy atom. The molecule has 2 aromatic rings. The summed E-state index contributed by atoms with van der Waals surface area (Å²) < 4.78 is 5.22. The zero-order chi connectivity index (χ0) is 21.2. The van der Waals surface area contributed by atoms with Crippen molar-refractivity contribution in [2.24, 2.45) is 0 Å². The molecule has 162 valence electrons. The van der Waals surface area contributed by atoms with Crippen LogP contribution in [0.15, 0.2) is 34.9 Å². The van der Waals surface area contributed by atoms with Crippen LogP contribution in [-0.2, 0) is 28.9 Å². The zero-order valence-electron chi connectivity index (χ0n) is 17.9. The summed E-state index contributed by atoms with van der Waals surface area (Å²) in [4.78, 5) is 33.0. The Morgan fingerprint density at radius 2 is 1.50 bits per heavy atom. The lowest BCUT2D eigenvalue weighted by atomic mass is 10.1. The number of nitrogens with zero attached hydrogens (tertiary/aromatic N) is 4. The quantitative estimate of drug-likeness (QED) is 0.599. The van der Waals surface area contributed by atoms with Gasteiger partial charge in [-0.05, 0) is 31.2 Å². The summed E-state index contributed by atoms with van der Waals surface area (Å²) in [5, 5.41) is 3.94. The number of piperazine rings is 1. The van der Waals surface area contributed by atoms with Gasteiger partial charge < -0.3 is 14.3 Å². The zero-order valence-corrected chi connectivity index (χ0v) is 17.9. The SMILES string of the molecule is CCCc1noc(CCCC(=O)N2CCN(C(=O)CCCc3ccccc3)CC2)n1. The van der Waals surface area contributed by atoms with E-state index in [1.165, 1.54) is 5.56 Å². The number of aryl methyl sites for hydroxylation is 3. The van der Waals surface area contributed by atoms with Crippen molar-refractivity contribution >= 4 is 11.8 Å². The third kappa shape index (κ3) is 6.68. The molecule has 0 unspecified atom stereocenters. The van der Waals surface area contributed by atoms with Crippen molar-refractivity contribution in [3.05, 3.63) is 47.6 Å². The molecule has 2 heterocycles. The molecule has 0 N–H and O–H groups in total. The summed E-state index contributed by atoms with van der Waals surface area (Å²) in [6.07, 6.45) is 5.94. The van der Waals surface area contributed by atoms with Crippen LogP contribution in [0.2, 0.25) is 0 Å². The van der Waals surface area contributed by atoms with Gasteiger partial charge in [-0.1, -0.05) is 42.4 Å². The number of hydrogen-bond acceptors (Lipinski definition) is 5. The largest absolute Gasteiger partial charge is 0.339 e. The Balaban J connectivity index is 1.31. The van der Waals surface area contributed by atoms with Gasteiger partial charge in [-0.3, -0.25) is 9.59 Å². The highest BCUT2D eigenvalue weighted by Gasteiger charge is 2.23. The van der Waals surface area contributed by atoms with Crippen LogP contribution >= 0.6 is 0 Å². The van der Waals surface area contributed by atoms with Crippen molar-refractivity contribution < 1.29 is 14.1 Å². The van der Waals surface area contributed by atoms with E-state index >= 15 is 0 Å². The number of rotatable bonds is 10. The Kier molecular flexibility index (Phi) is 8.41. The van der Waals surface area contributed by atoms with Gasteiger partial charge in [0.25, 0.3) is 0 Å². The average Bonchev–Trinajstić information content (AvgIpc) is 3.22. The molecule has 2 amide bonds. The molecule has 0 atom stereocenters. The van der Waals surface area contributed by atoms with E-state index in [0.717, 1.165) is 31.5 Å². The molecule has 1 fully saturated rings. The van der Waals surface area contributed by atoms with Crippen molar-refractivity contribution in [2.75, 3.05) is 26.2 Å². The van der Waals surface area contributed by atoms with Gasteiger partial charge in [-0.2, -0.15) is 4.98 Å². The van der Waals surface area contributed by atoms with Crippen molar-refractivity contribution in [2.45, 2.75) is 58.3 Å². The van der Waals surface area contributed by atoms with Gasteiger partial charge in [-0.25, -0.2) is 0 Å². The van der Waals surface area contributed by atoms with Crippen molar-refractivity contribution in [1.29, 1.82) is 0 Å². The van der Waals surface area contributed by atoms with E-state index in [0.29, 0.717) is 57.8 Å². The van der Waals surface area contributed by atoms with Crippen molar-refractivity contribution in [1.82, 2.24) is 19.9 Å². The minimum absolute atomic E-state index is 0.138. The van der Waals surface area contributed by atoms with Crippen LogP contribution in [0.1, 0.15) is 56.3 Å². The molecule has 3 rings (SSSR count). The maximum atomic E-state index is 12.5. The molecule has 7 nitrogen and oxygen atoms in total. The fourth-order valence-corrected chi connectivity index (χ4v) is 3.72. The fraction of sp³-hybridized carbons (Fsp3) is 0.565. The summed E-state index contributed by atoms with van der Waals surface area (Å²) >= 11 is 0. The molecular formula is C23H32N4O3. The average molecular weight is 413 g/mol. The summed E-state index contributed by atoms with van der Waals surface area (Å²) in [6.45, 7) is 4.56. The van der Waals surface area contributed by atoms with Gasteiger partial charge in [0.1, 0.15) is 0 Å². The van der Waals surface area contributed by atoms with Gasteiger partial charge >= 0.3 is 0 Å². The highest BCUT2D eigenvalue weighted by Crippen LogP contribution is 2.11. The van der Waals surface area contributed by atoms with Gasteiger partial charge in [-0.15, -0.1) is 0 Å². The first-order valence-corrected chi connectivity index (χ1v) is 11.1. The van der Waals surface area contributed by atoms with E-state index in [1.54, 1.807) is 0 Å². The van der Waals surface area contributed by atoms with Crippen LogP contribution < -0.4 is 0 Å². The Hall–Kier alpha value is -2.70. The van der Waals surface area contributed by atoms with Crippen LogP contribution in [0.25, 0.3) is 0 Å².